The molecule has 1 aromatic heterocycles. The molecule has 2 aromatic rings. The van der Waals surface area contributed by atoms with E-state index in [2.05, 4.69) is 40.4 Å². The zero-order valence-electron chi connectivity index (χ0n) is 19.0. The Morgan fingerprint density at radius 3 is 2.45 bits per heavy atom. The van der Waals surface area contributed by atoms with Crippen LogP contribution in [0.1, 0.15) is 73.7 Å². The minimum absolute atomic E-state index is 0.132. The fourth-order valence-corrected chi connectivity index (χ4v) is 3.67. The molecule has 33 heavy (non-hydrogen) atoms. The van der Waals surface area contributed by atoms with Gasteiger partial charge in [-0.3, -0.25) is 15.6 Å². The van der Waals surface area contributed by atoms with Crippen LogP contribution in [0, 0.1) is 5.92 Å². The Hall–Kier alpha value is -2.82. The molecule has 0 fully saturated rings. The van der Waals surface area contributed by atoms with Gasteiger partial charge in [0.1, 0.15) is 5.82 Å². The van der Waals surface area contributed by atoms with Crippen molar-refractivity contribution in [2.24, 2.45) is 5.92 Å². The summed E-state index contributed by atoms with van der Waals surface area (Å²) in [4.78, 5) is 12.5. The van der Waals surface area contributed by atoms with Crippen LogP contribution < -0.4 is 21.5 Å². The number of hydrogen-bond donors (Lipinski definition) is 4. The maximum absolute atomic E-state index is 13.9. The molecule has 2 unspecified atom stereocenters. The van der Waals surface area contributed by atoms with Crippen LogP contribution in [0.3, 0.4) is 0 Å². The molecule has 0 spiro atoms. The Balaban J connectivity index is 1.77. The average Bonchev–Trinajstić information content (AvgIpc) is 3.18. The molecule has 0 radical (unpaired) electrons. The van der Waals surface area contributed by atoms with Crippen LogP contribution in [0.5, 0.6) is 0 Å². The van der Waals surface area contributed by atoms with E-state index in [0.29, 0.717) is 18.4 Å². The number of anilines is 1. The summed E-state index contributed by atoms with van der Waals surface area (Å²) in [6.45, 7) is 8.72. The molecule has 4 N–H and O–H groups in total. The molecule has 1 aliphatic heterocycles. The van der Waals surface area contributed by atoms with Crippen molar-refractivity contribution in [1.82, 2.24) is 25.9 Å². The van der Waals surface area contributed by atoms with E-state index in [0.717, 1.165) is 15.8 Å². The summed E-state index contributed by atoms with van der Waals surface area (Å²) in [5.41, 5.74) is 6.61. The number of thiocarbonyl (C=S) groups is 1. The molecule has 0 saturated carbocycles. The third kappa shape index (κ3) is 6.16. The van der Waals surface area contributed by atoms with Crippen LogP contribution in [0.4, 0.5) is 19.0 Å². The first-order chi connectivity index (χ1) is 15.5. The number of fused-ring (bicyclic) bond motifs is 1. The van der Waals surface area contributed by atoms with Crippen molar-refractivity contribution >= 4 is 29.1 Å². The summed E-state index contributed by atoms with van der Waals surface area (Å²) in [5.74, 6) is 0.115. The highest BCUT2D eigenvalue weighted by Crippen LogP contribution is 2.43. The van der Waals surface area contributed by atoms with Gasteiger partial charge in [0.25, 0.3) is 5.91 Å². The lowest BCUT2D eigenvalue weighted by atomic mass is 9.94. The fourth-order valence-electron chi connectivity index (χ4n) is 3.53. The lowest BCUT2D eigenvalue weighted by Gasteiger charge is -2.33. The molecular weight excluding hydrogens is 453 g/mol. The fraction of sp³-hybridized carbons (Fsp3) is 0.500. The van der Waals surface area contributed by atoms with Gasteiger partial charge in [0, 0.05) is 19.0 Å². The molecule has 0 saturated heterocycles. The van der Waals surface area contributed by atoms with E-state index in [-0.39, 0.29) is 23.0 Å². The third-order valence-corrected chi connectivity index (χ3v) is 5.63. The number of carbonyl (C=O) groups excluding carboxylic acids is 1. The van der Waals surface area contributed by atoms with Crippen molar-refractivity contribution in [1.29, 1.82) is 0 Å². The summed E-state index contributed by atoms with van der Waals surface area (Å²) < 4.78 is 42.4. The van der Waals surface area contributed by atoms with Crippen LogP contribution in [0.2, 0.25) is 0 Å². The van der Waals surface area contributed by atoms with Crippen molar-refractivity contribution in [2.75, 3.05) is 11.9 Å². The third-order valence-electron chi connectivity index (χ3n) is 5.39. The number of nitrogens with zero attached hydrogens (tertiary/aromatic N) is 2. The number of nitrogens with one attached hydrogen (secondary N) is 4. The molecule has 0 aliphatic carbocycles. The SMILES string of the molecule is CC(C)CNC(=S)NNC(=O)c1cc2n(n1)C(C(F)(F)F)CC(c1ccc(C(C)C)cc1)N2. The first-order valence-corrected chi connectivity index (χ1v) is 11.2. The second kappa shape index (κ2) is 9.98. The number of rotatable bonds is 5. The zero-order valence-corrected chi connectivity index (χ0v) is 19.8. The number of alkyl halides is 3. The van der Waals surface area contributed by atoms with E-state index in [9.17, 15) is 18.0 Å². The number of hydrazine groups is 1. The predicted octanol–water partition coefficient (Wildman–Crippen LogP) is 4.43. The van der Waals surface area contributed by atoms with Gasteiger partial charge in [-0.2, -0.15) is 18.3 Å². The summed E-state index contributed by atoms with van der Waals surface area (Å²) in [5, 5.41) is 10.2. The standard InChI is InChI=1S/C22H29F3N6OS/c1-12(2)11-26-21(33)29-28-20(32)17-10-19-27-16(9-18(22(23,24)25)31(19)30-17)15-7-5-14(6-8-15)13(3)4/h5-8,10,12-13,16,18,27H,9,11H2,1-4H3,(H,28,32)(H2,26,29,33). The van der Waals surface area contributed by atoms with E-state index in [4.69, 9.17) is 12.2 Å². The second-order valence-electron chi connectivity index (χ2n) is 8.85. The van der Waals surface area contributed by atoms with Crippen molar-refractivity contribution in [2.45, 2.75) is 58.3 Å². The Kier molecular flexibility index (Phi) is 7.51. The monoisotopic (exact) mass is 482 g/mol. The molecule has 7 nitrogen and oxygen atoms in total. The lowest BCUT2D eigenvalue weighted by Crippen LogP contribution is -2.47. The Morgan fingerprint density at radius 1 is 1.21 bits per heavy atom. The van der Waals surface area contributed by atoms with Crippen molar-refractivity contribution in [3.63, 3.8) is 0 Å². The summed E-state index contributed by atoms with van der Waals surface area (Å²) >= 11 is 5.07. The molecule has 180 valence electrons. The maximum atomic E-state index is 13.9. The maximum Gasteiger partial charge on any atom is 0.410 e. The van der Waals surface area contributed by atoms with E-state index in [1.54, 1.807) is 0 Å². The normalized spacial score (nSPS) is 18.0. The lowest BCUT2D eigenvalue weighted by molar-refractivity contribution is -0.173. The van der Waals surface area contributed by atoms with Crippen LogP contribution in [0.15, 0.2) is 30.3 Å². The molecule has 3 rings (SSSR count). The minimum atomic E-state index is -4.52. The van der Waals surface area contributed by atoms with E-state index in [1.165, 1.54) is 6.07 Å². The van der Waals surface area contributed by atoms with Gasteiger partial charge < -0.3 is 10.6 Å². The highest BCUT2D eigenvalue weighted by molar-refractivity contribution is 7.80. The van der Waals surface area contributed by atoms with Crippen molar-refractivity contribution in [3.05, 3.63) is 47.2 Å². The van der Waals surface area contributed by atoms with Crippen LogP contribution >= 0.6 is 12.2 Å². The number of aromatic nitrogens is 2. The van der Waals surface area contributed by atoms with Gasteiger partial charge >= 0.3 is 6.18 Å². The first kappa shape index (κ1) is 24.8. The Morgan fingerprint density at radius 2 is 1.88 bits per heavy atom. The first-order valence-electron chi connectivity index (χ1n) is 10.8. The topological polar surface area (TPSA) is 83.0 Å². The molecule has 1 amide bonds. The van der Waals surface area contributed by atoms with Crippen LogP contribution in [-0.4, -0.2) is 33.5 Å². The van der Waals surface area contributed by atoms with Crippen LogP contribution in [-0.2, 0) is 0 Å². The zero-order chi connectivity index (χ0) is 24.3. The van der Waals surface area contributed by atoms with Crippen molar-refractivity contribution in [3.8, 4) is 0 Å². The van der Waals surface area contributed by atoms with Gasteiger partial charge in [0.05, 0.1) is 6.04 Å². The summed E-state index contributed by atoms with van der Waals surface area (Å²) in [6.07, 6.45) is -4.75. The van der Waals surface area contributed by atoms with Gasteiger partial charge in [0.2, 0.25) is 0 Å². The quantitative estimate of drug-likeness (QED) is 0.373. The molecule has 0 bridgehead atoms. The molecule has 1 aliphatic rings. The Bertz CT molecular complexity index is 987. The molecular formula is C22H29F3N6OS. The van der Waals surface area contributed by atoms with Gasteiger partial charge in [-0.05, 0) is 35.2 Å². The van der Waals surface area contributed by atoms with Gasteiger partial charge in [-0.15, -0.1) is 0 Å². The van der Waals surface area contributed by atoms with Gasteiger partial charge in [-0.1, -0.05) is 52.0 Å². The van der Waals surface area contributed by atoms with Crippen LogP contribution in [0.25, 0.3) is 0 Å². The number of amides is 1. The number of carbonyl (C=O) groups is 1. The predicted molar refractivity (Wildman–Crippen MR) is 125 cm³/mol. The molecule has 11 heteroatoms. The molecule has 2 heterocycles. The number of halogens is 3. The smallest absolute Gasteiger partial charge is 0.363 e. The van der Waals surface area contributed by atoms with E-state index < -0.39 is 24.2 Å². The summed E-state index contributed by atoms with van der Waals surface area (Å²) in [6, 6.07) is 6.43. The molecule has 1 aromatic carbocycles. The average molecular weight is 483 g/mol. The highest BCUT2D eigenvalue weighted by atomic mass is 32.1. The van der Waals surface area contributed by atoms with E-state index in [1.807, 2.05) is 38.1 Å². The van der Waals surface area contributed by atoms with Gasteiger partial charge in [0.15, 0.2) is 16.8 Å². The second-order valence-corrected chi connectivity index (χ2v) is 9.26. The largest absolute Gasteiger partial charge is 0.410 e. The molecule has 2 atom stereocenters. The minimum Gasteiger partial charge on any atom is -0.363 e. The number of benzene rings is 1. The highest BCUT2D eigenvalue weighted by Gasteiger charge is 2.46. The van der Waals surface area contributed by atoms with E-state index >= 15 is 0 Å². The number of hydrogen-bond acceptors (Lipinski definition) is 4. The Labute approximate surface area is 196 Å². The van der Waals surface area contributed by atoms with Gasteiger partial charge in [-0.25, -0.2) is 4.68 Å². The van der Waals surface area contributed by atoms with Crippen molar-refractivity contribution < 1.29 is 18.0 Å². The summed E-state index contributed by atoms with van der Waals surface area (Å²) in [7, 11) is 0.